The molecule has 1 fully saturated rings. The Morgan fingerprint density at radius 2 is 2.33 bits per heavy atom. The summed E-state index contributed by atoms with van der Waals surface area (Å²) < 4.78 is 10.6. The number of hydrogen-bond donors (Lipinski definition) is 0. The maximum atomic E-state index is 12.0. The highest BCUT2D eigenvalue weighted by atomic mass is 16.5. The summed E-state index contributed by atoms with van der Waals surface area (Å²) in [7, 11) is 0. The van der Waals surface area contributed by atoms with Gasteiger partial charge >= 0.3 is 0 Å². The fraction of sp³-hybridized carbons (Fsp3) is 0.800. The van der Waals surface area contributed by atoms with E-state index in [2.05, 4.69) is 24.0 Å². The summed E-state index contributed by atoms with van der Waals surface area (Å²) in [5, 5.41) is 4.07. The third-order valence-corrected chi connectivity index (χ3v) is 4.06. The normalized spacial score (nSPS) is 20.5. The molecule has 1 aliphatic rings. The van der Waals surface area contributed by atoms with Crippen LogP contribution in [-0.2, 0) is 9.53 Å². The fourth-order valence-electron chi connectivity index (χ4n) is 2.48. The molecule has 1 aromatic rings. The van der Waals surface area contributed by atoms with Crippen LogP contribution in [0.2, 0.25) is 0 Å². The van der Waals surface area contributed by atoms with Gasteiger partial charge in [-0.3, -0.25) is 4.79 Å². The van der Waals surface area contributed by atoms with Gasteiger partial charge in [-0.1, -0.05) is 19.0 Å². The molecule has 0 aliphatic carbocycles. The van der Waals surface area contributed by atoms with Crippen molar-refractivity contribution in [2.45, 2.75) is 51.9 Å². The first kappa shape index (κ1) is 15.9. The number of carbonyl (C=O) groups is 1. The van der Waals surface area contributed by atoms with Gasteiger partial charge < -0.3 is 14.2 Å². The van der Waals surface area contributed by atoms with Crippen LogP contribution in [0, 0.1) is 0 Å². The smallest absolute Gasteiger partial charge is 0.248 e. The second-order valence-corrected chi connectivity index (χ2v) is 5.62. The van der Waals surface area contributed by atoms with Gasteiger partial charge in [-0.05, 0) is 26.2 Å². The van der Waals surface area contributed by atoms with Crippen molar-refractivity contribution in [2.24, 2.45) is 0 Å². The Morgan fingerprint density at radius 1 is 1.52 bits per heavy atom. The summed E-state index contributed by atoms with van der Waals surface area (Å²) in [6, 6.07) is 0. The van der Waals surface area contributed by atoms with Gasteiger partial charge in [0.2, 0.25) is 11.8 Å². The largest absolute Gasteiger partial charge is 0.372 e. The number of nitrogens with zero attached hydrogens (tertiary/aromatic N) is 3. The van der Waals surface area contributed by atoms with Crippen molar-refractivity contribution in [2.75, 3.05) is 26.3 Å². The molecule has 2 rings (SSSR count). The SMILES string of the molecule is CCOCC(=O)N1CCC[C@@H](c2nc([C@@H](C)CC)no2)C1. The van der Waals surface area contributed by atoms with Crippen molar-refractivity contribution in [1.82, 2.24) is 15.0 Å². The second-order valence-electron chi connectivity index (χ2n) is 5.62. The van der Waals surface area contributed by atoms with E-state index >= 15 is 0 Å². The molecule has 2 heterocycles. The molecule has 0 saturated carbocycles. The summed E-state index contributed by atoms with van der Waals surface area (Å²) in [6.45, 7) is 8.24. The third-order valence-electron chi connectivity index (χ3n) is 4.06. The molecule has 1 aromatic heterocycles. The van der Waals surface area contributed by atoms with Crippen molar-refractivity contribution >= 4 is 5.91 Å². The Bertz CT molecular complexity index is 461. The number of piperidine rings is 1. The van der Waals surface area contributed by atoms with Crippen LogP contribution in [-0.4, -0.2) is 47.3 Å². The Hall–Kier alpha value is -1.43. The van der Waals surface area contributed by atoms with Crippen molar-refractivity contribution in [3.8, 4) is 0 Å². The van der Waals surface area contributed by atoms with E-state index in [9.17, 15) is 4.79 Å². The van der Waals surface area contributed by atoms with Gasteiger partial charge in [0.25, 0.3) is 0 Å². The highest BCUT2D eigenvalue weighted by molar-refractivity contribution is 5.77. The number of ether oxygens (including phenoxy) is 1. The molecule has 1 aliphatic heterocycles. The maximum Gasteiger partial charge on any atom is 0.248 e. The molecule has 0 spiro atoms. The van der Waals surface area contributed by atoms with Crippen LogP contribution in [0.3, 0.4) is 0 Å². The first-order chi connectivity index (χ1) is 10.2. The average Bonchev–Trinajstić information content (AvgIpc) is 3.02. The molecule has 21 heavy (non-hydrogen) atoms. The Kier molecular flexibility index (Phi) is 5.73. The van der Waals surface area contributed by atoms with Crippen LogP contribution in [0.1, 0.15) is 63.6 Å². The second kappa shape index (κ2) is 7.54. The van der Waals surface area contributed by atoms with Crippen molar-refractivity contribution in [1.29, 1.82) is 0 Å². The number of likely N-dealkylation sites (tertiary alicyclic amines) is 1. The van der Waals surface area contributed by atoms with Gasteiger partial charge in [0.15, 0.2) is 5.82 Å². The number of aromatic nitrogens is 2. The minimum absolute atomic E-state index is 0.0446. The van der Waals surface area contributed by atoms with Gasteiger partial charge in [0.05, 0.1) is 5.92 Å². The molecule has 2 atom stereocenters. The molecular formula is C15H25N3O3. The summed E-state index contributed by atoms with van der Waals surface area (Å²) >= 11 is 0. The van der Waals surface area contributed by atoms with E-state index in [1.807, 2.05) is 11.8 Å². The molecule has 118 valence electrons. The van der Waals surface area contributed by atoms with E-state index in [4.69, 9.17) is 9.26 Å². The van der Waals surface area contributed by atoms with Crippen LogP contribution >= 0.6 is 0 Å². The first-order valence-corrected chi connectivity index (χ1v) is 7.84. The average molecular weight is 295 g/mol. The quantitative estimate of drug-likeness (QED) is 0.805. The van der Waals surface area contributed by atoms with E-state index in [1.165, 1.54) is 0 Å². The van der Waals surface area contributed by atoms with Gasteiger partial charge in [0, 0.05) is 25.6 Å². The zero-order valence-corrected chi connectivity index (χ0v) is 13.2. The molecular weight excluding hydrogens is 270 g/mol. The third kappa shape index (κ3) is 4.03. The minimum Gasteiger partial charge on any atom is -0.372 e. The summed E-state index contributed by atoms with van der Waals surface area (Å²) in [6.07, 6.45) is 2.94. The van der Waals surface area contributed by atoms with E-state index in [0.717, 1.165) is 31.6 Å². The van der Waals surface area contributed by atoms with Crippen LogP contribution in [0.4, 0.5) is 0 Å². The van der Waals surface area contributed by atoms with Crippen LogP contribution in [0.15, 0.2) is 4.52 Å². The molecule has 0 unspecified atom stereocenters. The standard InChI is InChI=1S/C15H25N3O3/c1-4-11(3)14-16-15(21-17-14)12-7-6-8-18(9-12)13(19)10-20-5-2/h11-12H,4-10H2,1-3H3/t11-,12+/m0/s1. The van der Waals surface area contributed by atoms with Crippen molar-refractivity contribution in [3.63, 3.8) is 0 Å². The zero-order valence-electron chi connectivity index (χ0n) is 13.2. The van der Waals surface area contributed by atoms with Crippen LogP contribution < -0.4 is 0 Å². The van der Waals surface area contributed by atoms with Crippen LogP contribution in [0.25, 0.3) is 0 Å². The van der Waals surface area contributed by atoms with E-state index < -0.39 is 0 Å². The Morgan fingerprint density at radius 3 is 3.05 bits per heavy atom. The highest BCUT2D eigenvalue weighted by Gasteiger charge is 2.28. The number of hydrogen-bond acceptors (Lipinski definition) is 5. The molecule has 0 bridgehead atoms. The van der Waals surface area contributed by atoms with E-state index in [-0.39, 0.29) is 18.4 Å². The van der Waals surface area contributed by atoms with Gasteiger partial charge in [-0.2, -0.15) is 4.98 Å². The lowest BCUT2D eigenvalue weighted by Gasteiger charge is -2.30. The molecule has 0 N–H and O–H groups in total. The Labute approximate surface area is 125 Å². The van der Waals surface area contributed by atoms with Crippen LogP contribution in [0.5, 0.6) is 0 Å². The number of rotatable bonds is 6. The lowest BCUT2D eigenvalue weighted by Crippen LogP contribution is -2.41. The van der Waals surface area contributed by atoms with Gasteiger partial charge in [-0.15, -0.1) is 0 Å². The predicted octanol–water partition coefficient (Wildman–Crippen LogP) is 2.33. The van der Waals surface area contributed by atoms with E-state index in [0.29, 0.717) is 25.0 Å². The van der Waals surface area contributed by atoms with Crippen molar-refractivity contribution < 1.29 is 14.1 Å². The number of amides is 1. The topological polar surface area (TPSA) is 68.5 Å². The molecule has 6 nitrogen and oxygen atoms in total. The summed E-state index contributed by atoms with van der Waals surface area (Å²) in [4.78, 5) is 18.4. The zero-order chi connectivity index (χ0) is 15.2. The summed E-state index contributed by atoms with van der Waals surface area (Å²) in [5.41, 5.74) is 0. The fourth-order valence-corrected chi connectivity index (χ4v) is 2.48. The molecule has 1 amide bonds. The van der Waals surface area contributed by atoms with E-state index in [1.54, 1.807) is 0 Å². The lowest BCUT2D eigenvalue weighted by atomic mass is 9.98. The Balaban J connectivity index is 1.97. The molecule has 0 radical (unpaired) electrons. The predicted molar refractivity (Wildman–Crippen MR) is 78.1 cm³/mol. The maximum absolute atomic E-state index is 12.0. The molecule has 0 aromatic carbocycles. The molecule has 1 saturated heterocycles. The van der Waals surface area contributed by atoms with Gasteiger partial charge in [-0.25, -0.2) is 0 Å². The monoisotopic (exact) mass is 295 g/mol. The summed E-state index contributed by atoms with van der Waals surface area (Å²) in [5.74, 6) is 1.93. The highest BCUT2D eigenvalue weighted by Crippen LogP contribution is 2.27. The number of carbonyl (C=O) groups excluding carboxylic acids is 1. The first-order valence-electron chi connectivity index (χ1n) is 7.84. The van der Waals surface area contributed by atoms with Crippen molar-refractivity contribution in [3.05, 3.63) is 11.7 Å². The minimum atomic E-state index is 0.0446. The molecule has 6 heteroatoms. The lowest BCUT2D eigenvalue weighted by molar-refractivity contribution is -0.137. The van der Waals surface area contributed by atoms with Gasteiger partial charge in [0.1, 0.15) is 6.61 Å².